The molecule has 0 aliphatic carbocycles. The second kappa shape index (κ2) is 7.93. The molecule has 3 rings (SSSR count). The lowest BCUT2D eigenvalue weighted by Gasteiger charge is -2.39. The summed E-state index contributed by atoms with van der Waals surface area (Å²) in [7, 11) is -3.40. The Labute approximate surface area is 159 Å². The third-order valence-corrected chi connectivity index (χ3v) is 8.44. The summed E-state index contributed by atoms with van der Waals surface area (Å²) in [4.78, 5) is 15.9. The summed E-state index contributed by atoms with van der Waals surface area (Å²) in [6.45, 7) is 9.36. The predicted molar refractivity (Wildman–Crippen MR) is 99.8 cm³/mol. The molecule has 2 aliphatic rings. The van der Waals surface area contributed by atoms with Crippen molar-refractivity contribution in [1.82, 2.24) is 9.21 Å². The van der Waals surface area contributed by atoms with Gasteiger partial charge in [0.15, 0.2) is 6.04 Å². The van der Waals surface area contributed by atoms with E-state index in [1.807, 2.05) is 25.7 Å². The van der Waals surface area contributed by atoms with Crippen molar-refractivity contribution < 1.29 is 22.8 Å². The molecule has 0 saturated carbocycles. The number of amides is 1. The number of ether oxygens (including phenoxy) is 1. The summed E-state index contributed by atoms with van der Waals surface area (Å²) in [6, 6.07) is 3.23. The lowest BCUT2D eigenvalue weighted by Crippen LogP contribution is -3.19. The Morgan fingerprint density at radius 2 is 1.88 bits per heavy atom. The molecule has 1 N–H and O–H groups in total. The first-order chi connectivity index (χ1) is 12.3. The van der Waals surface area contributed by atoms with E-state index < -0.39 is 10.0 Å². The molecule has 2 fully saturated rings. The molecule has 26 heavy (non-hydrogen) atoms. The summed E-state index contributed by atoms with van der Waals surface area (Å²) < 4.78 is 32.9. The molecule has 3 atom stereocenters. The second-order valence-electron chi connectivity index (χ2n) is 7.22. The van der Waals surface area contributed by atoms with Crippen LogP contribution < -0.4 is 4.90 Å². The van der Waals surface area contributed by atoms with Gasteiger partial charge in [-0.05, 0) is 32.2 Å². The zero-order valence-electron chi connectivity index (χ0n) is 15.6. The van der Waals surface area contributed by atoms with Crippen LogP contribution >= 0.6 is 11.3 Å². The van der Waals surface area contributed by atoms with Gasteiger partial charge in [0.25, 0.3) is 15.9 Å². The quantitative estimate of drug-likeness (QED) is 0.748. The lowest BCUT2D eigenvalue weighted by atomic mass is 10.1. The number of quaternary nitrogens is 1. The zero-order chi connectivity index (χ0) is 18.9. The van der Waals surface area contributed by atoms with Gasteiger partial charge in [-0.1, -0.05) is 6.07 Å². The van der Waals surface area contributed by atoms with Gasteiger partial charge in [-0.2, -0.15) is 4.31 Å². The zero-order valence-corrected chi connectivity index (χ0v) is 17.2. The maximum atomic E-state index is 12.9. The maximum absolute atomic E-state index is 12.9. The number of thiophene rings is 1. The fourth-order valence-corrected chi connectivity index (χ4v) is 6.38. The summed E-state index contributed by atoms with van der Waals surface area (Å²) in [5.74, 6) is 0.136. The molecule has 0 radical (unpaired) electrons. The van der Waals surface area contributed by atoms with E-state index in [0.29, 0.717) is 43.5 Å². The van der Waals surface area contributed by atoms with E-state index in [1.54, 1.807) is 21.8 Å². The Bertz CT molecular complexity index is 704. The molecule has 0 spiro atoms. The van der Waals surface area contributed by atoms with Gasteiger partial charge in [0.05, 0.1) is 38.4 Å². The molecule has 1 aromatic heterocycles. The molecule has 0 aromatic carbocycles. The number of morpholine rings is 1. The molecular weight excluding hydrogens is 374 g/mol. The minimum absolute atomic E-state index is 0.0534. The highest BCUT2D eigenvalue weighted by molar-refractivity contribution is 7.91. The Morgan fingerprint density at radius 1 is 1.27 bits per heavy atom. The summed E-state index contributed by atoms with van der Waals surface area (Å²) in [6.07, 6.45) is 0.107. The van der Waals surface area contributed by atoms with Crippen molar-refractivity contribution in [2.45, 2.75) is 43.2 Å². The molecule has 3 heterocycles. The van der Waals surface area contributed by atoms with Gasteiger partial charge in [-0.15, -0.1) is 11.3 Å². The van der Waals surface area contributed by atoms with Gasteiger partial charge in [0.2, 0.25) is 0 Å². The van der Waals surface area contributed by atoms with Gasteiger partial charge in [-0.25, -0.2) is 8.42 Å². The van der Waals surface area contributed by atoms with E-state index in [2.05, 4.69) is 0 Å². The van der Waals surface area contributed by atoms with Crippen molar-refractivity contribution in [3.8, 4) is 0 Å². The van der Waals surface area contributed by atoms with Crippen LogP contribution in [0, 0.1) is 0 Å². The monoisotopic (exact) mass is 402 g/mol. The Morgan fingerprint density at radius 3 is 2.42 bits per heavy atom. The number of hydrogen-bond acceptors (Lipinski definition) is 5. The van der Waals surface area contributed by atoms with Crippen LogP contribution in [-0.4, -0.2) is 81.0 Å². The third kappa shape index (κ3) is 4.12. The van der Waals surface area contributed by atoms with Gasteiger partial charge < -0.3 is 14.5 Å². The molecule has 1 amide bonds. The van der Waals surface area contributed by atoms with Crippen LogP contribution in [0.4, 0.5) is 0 Å². The van der Waals surface area contributed by atoms with Gasteiger partial charge in [-0.3, -0.25) is 4.79 Å². The van der Waals surface area contributed by atoms with Crippen LogP contribution in [0.2, 0.25) is 0 Å². The topological polar surface area (TPSA) is 71.4 Å². The van der Waals surface area contributed by atoms with E-state index in [4.69, 9.17) is 4.74 Å². The van der Waals surface area contributed by atoms with E-state index in [-0.39, 0.29) is 24.2 Å². The highest BCUT2D eigenvalue weighted by Gasteiger charge is 2.37. The number of hydrogen-bond donors (Lipinski definition) is 1. The predicted octanol–water partition coefficient (Wildman–Crippen LogP) is -0.338. The fourth-order valence-electron chi connectivity index (χ4n) is 3.79. The van der Waals surface area contributed by atoms with Crippen LogP contribution in [-0.2, 0) is 19.6 Å². The van der Waals surface area contributed by atoms with E-state index in [0.717, 1.165) is 4.90 Å². The minimum atomic E-state index is -3.40. The maximum Gasteiger partial charge on any atom is 0.280 e. The first kappa shape index (κ1) is 19.8. The van der Waals surface area contributed by atoms with Crippen LogP contribution in [0.1, 0.15) is 20.8 Å². The third-order valence-electron chi connectivity index (χ3n) is 5.17. The fraction of sp³-hybridized carbons (Fsp3) is 0.706. The Kier molecular flexibility index (Phi) is 6.03. The highest BCUT2D eigenvalue weighted by atomic mass is 32.2. The molecule has 0 bridgehead atoms. The minimum Gasteiger partial charge on any atom is -0.372 e. The number of piperazine rings is 1. The summed E-state index contributed by atoms with van der Waals surface area (Å²) >= 11 is 1.25. The first-order valence-corrected chi connectivity index (χ1v) is 11.4. The number of carbonyl (C=O) groups is 1. The summed E-state index contributed by atoms with van der Waals surface area (Å²) in [5, 5.41) is 1.78. The Hall–Kier alpha value is -1.00. The normalized spacial score (nSPS) is 27.4. The van der Waals surface area contributed by atoms with Crippen molar-refractivity contribution in [3.63, 3.8) is 0 Å². The molecule has 0 unspecified atom stereocenters. The summed E-state index contributed by atoms with van der Waals surface area (Å²) in [5.41, 5.74) is 0. The van der Waals surface area contributed by atoms with Crippen LogP contribution in [0.3, 0.4) is 0 Å². The van der Waals surface area contributed by atoms with Crippen molar-refractivity contribution in [2.24, 2.45) is 0 Å². The first-order valence-electron chi connectivity index (χ1n) is 9.11. The van der Waals surface area contributed by atoms with Crippen molar-refractivity contribution in [3.05, 3.63) is 17.5 Å². The average Bonchev–Trinajstić information content (AvgIpc) is 3.15. The van der Waals surface area contributed by atoms with Crippen LogP contribution in [0.25, 0.3) is 0 Å². The van der Waals surface area contributed by atoms with Gasteiger partial charge in [0.1, 0.15) is 4.21 Å². The van der Waals surface area contributed by atoms with Crippen molar-refractivity contribution in [2.75, 3.05) is 39.3 Å². The van der Waals surface area contributed by atoms with E-state index in [1.165, 1.54) is 11.3 Å². The van der Waals surface area contributed by atoms with Crippen molar-refractivity contribution >= 4 is 27.3 Å². The number of carbonyl (C=O) groups excluding carboxylic acids is 1. The lowest BCUT2D eigenvalue weighted by molar-refractivity contribution is -0.918. The molecular formula is C17H28N3O4S2+. The smallest absolute Gasteiger partial charge is 0.280 e. The molecule has 2 aliphatic heterocycles. The van der Waals surface area contributed by atoms with E-state index >= 15 is 0 Å². The molecule has 146 valence electrons. The second-order valence-corrected chi connectivity index (χ2v) is 10.3. The average molecular weight is 403 g/mol. The standard InChI is InChI=1S/C17H27N3O4S2/c1-13-11-19(12-14(2)24-13)17(21)15(3)18-6-8-20(9-7-18)26(22,23)16-5-4-10-25-16/h4-5,10,13-15H,6-9,11-12H2,1-3H3/p+1/t13-,14+,15-/m0/s1. The van der Waals surface area contributed by atoms with Crippen LogP contribution in [0.5, 0.6) is 0 Å². The number of nitrogens with one attached hydrogen (secondary N) is 1. The van der Waals surface area contributed by atoms with E-state index in [9.17, 15) is 13.2 Å². The molecule has 7 nitrogen and oxygen atoms in total. The number of nitrogens with zero attached hydrogens (tertiary/aromatic N) is 2. The highest BCUT2D eigenvalue weighted by Crippen LogP contribution is 2.20. The Balaban J connectivity index is 1.58. The SMILES string of the molecule is C[C@@H]1CN(C(=O)[C@H](C)[NH+]2CCN(S(=O)(=O)c3cccs3)CC2)C[C@H](C)O1. The molecule has 9 heteroatoms. The molecule has 2 saturated heterocycles. The number of sulfonamides is 1. The van der Waals surface area contributed by atoms with Crippen molar-refractivity contribution in [1.29, 1.82) is 0 Å². The number of rotatable bonds is 4. The largest absolute Gasteiger partial charge is 0.372 e. The van der Waals surface area contributed by atoms with Gasteiger partial charge in [0, 0.05) is 13.1 Å². The van der Waals surface area contributed by atoms with Crippen LogP contribution in [0.15, 0.2) is 21.7 Å². The molecule has 1 aromatic rings. The van der Waals surface area contributed by atoms with Gasteiger partial charge >= 0.3 is 0 Å².